The second-order valence-corrected chi connectivity index (χ2v) is 2.90. The van der Waals surface area contributed by atoms with Crippen LogP contribution in [-0.4, -0.2) is 26.8 Å². The third-order valence-electron chi connectivity index (χ3n) is 0.266. The molecule has 0 fully saturated rings. The fraction of sp³-hybridized carbons (Fsp3) is 0.333. The topological polar surface area (TPSA) is 157 Å². The monoisotopic (exact) mass is 199 g/mol. The largest absolute Gasteiger partial charge is 0.481 e. The molecule has 7 N–H and O–H groups in total. The van der Waals surface area contributed by atoms with Gasteiger partial charge in [-0.15, -0.1) is 0 Å². The van der Waals surface area contributed by atoms with Gasteiger partial charge in [-0.05, 0) is 0 Å². The quantitative estimate of drug-likeness (QED) is 0.173. The van der Waals surface area contributed by atoms with Crippen LogP contribution in [0.4, 0.5) is 0 Å². The number of aliphatic carboxylic acids is 1. The number of hydrogen-bond acceptors (Lipinski definition) is 3. The minimum absolute atomic E-state index is 0.738. The zero-order valence-electron chi connectivity index (χ0n) is 6.18. The molecule has 0 aromatic rings. The second kappa shape index (κ2) is 5.53. The molecule has 0 aliphatic carbocycles. The van der Waals surface area contributed by atoms with E-state index in [4.69, 9.17) is 25.1 Å². The van der Waals surface area contributed by atoms with Gasteiger partial charge >= 0.3 is 7.75 Å². The minimum atomic E-state index is -4.32. The summed E-state index contributed by atoms with van der Waals surface area (Å²) in [5, 5.41) is 15.2. The van der Waals surface area contributed by atoms with E-state index in [0.29, 0.717) is 0 Å². The molecule has 0 saturated heterocycles. The van der Waals surface area contributed by atoms with E-state index in [-0.39, 0.29) is 0 Å². The Morgan fingerprint density at radius 2 is 1.83 bits per heavy atom. The maximum Gasteiger partial charge on any atom is 0.429 e. The van der Waals surface area contributed by atoms with Crippen LogP contribution in [-0.2, 0) is 9.36 Å². The third-order valence-corrected chi connectivity index (χ3v) is 0.798. The van der Waals surface area contributed by atoms with Crippen molar-refractivity contribution in [1.82, 2.24) is 5.09 Å². The fourth-order valence-corrected chi connectivity index (χ4v) is 0.471. The lowest BCUT2D eigenvalue weighted by Crippen LogP contribution is -2.27. The van der Waals surface area contributed by atoms with E-state index in [0.717, 1.165) is 6.92 Å². The van der Waals surface area contributed by atoms with Gasteiger partial charge in [0.2, 0.25) is 0 Å². The van der Waals surface area contributed by atoms with Gasteiger partial charge in [-0.3, -0.25) is 15.3 Å². The molecule has 0 heterocycles. The third kappa shape index (κ3) is 36.6. The van der Waals surface area contributed by atoms with E-state index in [9.17, 15) is 4.57 Å². The van der Waals surface area contributed by atoms with Crippen LogP contribution >= 0.6 is 7.75 Å². The Labute approximate surface area is 68.1 Å². The second-order valence-electron chi connectivity index (χ2n) is 1.59. The molecule has 0 atom stereocenters. The number of rotatable bonds is 1. The Morgan fingerprint density at radius 1 is 1.58 bits per heavy atom. The van der Waals surface area contributed by atoms with Crippen molar-refractivity contribution in [2.75, 3.05) is 0 Å². The molecule has 12 heavy (non-hydrogen) atoms. The van der Waals surface area contributed by atoms with E-state index in [2.05, 4.69) is 5.73 Å². The first-order chi connectivity index (χ1) is 5.15. The number of nitrogens with one attached hydrogen (secondary N) is 2. The first-order valence-electron chi connectivity index (χ1n) is 2.52. The molecule has 0 bridgehead atoms. The maximum atomic E-state index is 9.80. The zero-order chi connectivity index (χ0) is 10.4. The van der Waals surface area contributed by atoms with Gasteiger partial charge in [-0.25, -0.2) is 4.57 Å². The standard InChI is InChI=1S/C2H4O2.CH6N3O3P/c1-2(3)4;2-1(3)4-8(5,6)7/h1H3,(H,3,4);(H6,2,3,4,5,6,7). The highest BCUT2D eigenvalue weighted by Gasteiger charge is 2.10. The Hall–Kier alpha value is -1.11. The first-order valence-corrected chi connectivity index (χ1v) is 4.13. The zero-order valence-corrected chi connectivity index (χ0v) is 7.08. The lowest BCUT2D eigenvalue weighted by Gasteiger charge is -2.02. The van der Waals surface area contributed by atoms with Gasteiger partial charge in [0.05, 0.1) is 0 Å². The summed E-state index contributed by atoms with van der Waals surface area (Å²) in [7, 11) is -4.32. The molecule has 0 unspecified atom stereocenters. The maximum absolute atomic E-state index is 9.80. The van der Waals surface area contributed by atoms with Crippen molar-refractivity contribution in [2.24, 2.45) is 5.73 Å². The van der Waals surface area contributed by atoms with Crippen molar-refractivity contribution in [3.8, 4) is 0 Å². The molecular formula is C3H10N3O5P. The molecule has 0 saturated carbocycles. The summed E-state index contributed by atoms with van der Waals surface area (Å²) in [5.41, 5.74) is 4.56. The molecule has 0 radical (unpaired) electrons. The van der Waals surface area contributed by atoms with Crippen molar-refractivity contribution in [1.29, 1.82) is 5.41 Å². The average Bonchev–Trinajstić information content (AvgIpc) is 1.52. The molecule has 72 valence electrons. The summed E-state index contributed by atoms with van der Waals surface area (Å²) in [6.45, 7) is 1.08. The summed E-state index contributed by atoms with van der Waals surface area (Å²) in [5.74, 6) is -1.57. The molecule has 0 aliphatic rings. The average molecular weight is 199 g/mol. The number of carbonyl (C=O) groups is 1. The molecule has 9 heteroatoms. The summed E-state index contributed by atoms with van der Waals surface area (Å²) >= 11 is 0. The number of nitrogens with two attached hydrogens (primary N) is 1. The van der Waals surface area contributed by atoms with Gasteiger partial charge in [0.1, 0.15) is 0 Å². The van der Waals surface area contributed by atoms with Crippen LogP contribution in [0.3, 0.4) is 0 Å². The number of hydrogen-bond donors (Lipinski definition) is 6. The Morgan fingerprint density at radius 3 is 1.83 bits per heavy atom. The lowest BCUT2D eigenvalue weighted by molar-refractivity contribution is -0.134. The van der Waals surface area contributed by atoms with Gasteiger partial charge in [0, 0.05) is 6.92 Å². The minimum Gasteiger partial charge on any atom is -0.481 e. The Balaban J connectivity index is 0. The van der Waals surface area contributed by atoms with Gasteiger partial charge in [-0.1, -0.05) is 0 Å². The van der Waals surface area contributed by atoms with Crippen molar-refractivity contribution >= 4 is 19.7 Å². The first kappa shape index (κ1) is 13.5. The van der Waals surface area contributed by atoms with Crippen molar-refractivity contribution in [3.63, 3.8) is 0 Å². The van der Waals surface area contributed by atoms with Crippen LogP contribution in [0.15, 0.2) is 0 Å². The molecule has 0 amide bonds. The normalized spacial score (nSPS) is 9.25. The van der Waals surface area contributed by atoms with E-state index in [1.165, 1.54) is 5.09 Å². The highest BCUT2D eigenvalue weighted by molar-refractivity contribution is 7.50. The van der Waals surface area contributed by atoms with Crippen LogP contribution in [0.25, 0.3) is 0 Å². The van der Waals surface area contributed by atoms with E-state index in [1.807, 2.05) is 0 Å². The number of guanidine groups is 1. The van der Waals surface area contributed by atoms with Crippen molar-refractivity contribution < 1.29 is 24.3 Å². The smallest absolute Gasteiger partial charge is 0.429 e. The molecule has 8 nitrogen and oxygen atoms in total. The predicted octanol–water partition coefficient (Wildman–Crippen LogP) is -1.35. The van der Waals surface area contributed by atoms with Gasteiger partial charge in [-0.2, -0.15) is 0 Å². The van der Waals surface area contributed by atoms with E-state index < -0.39 is 19.7 Å². The van der Waals surface area contributed by atoms with Gasteiger partial charge < -0.3 is 20.6 Å². The molecule has 0 aliphatic heterocycles. The van der Waals surface area contributed by atoms with Crippen LogP contribution in [0.2, 0.25) is 0 Å². The molecule has 0 aromatic heterocycles. The lowest BCUT2D eigenvalue weighted by atomic mass is 10.9. The molecule has 0 aromatic carbocycles. The van der Waals surface area contributed by atoms with Crippen LogP contribution in [0.5, 0.6) is 0 Å². The van der Waals surface area contributed by atoms with Crippen molar-refractivity contribution in [3.05, 3.63) is 0 Å². The van der Waals surface area contributed by atoms with Gasteiger partial charge in [0.15, 0.2) is 5.96 Å². The number of carboxylic acid groups (broad SMARTS) is 1. The SMILES string of the molecule is CC(=O)O.N=C(N)NP(=O)(O)O. The van der Waals surface area contributed by atoms with E-state index in [1.54, 1.807) is 0 Å². The highest BCUT2D eigenvalue weighted by atomic mass is 31.2. The summed E-state index contributed by atoms with van der Waals surface area (Å²) in [6, 6.07) is 0. The predicted molar refractivity (Wildman–Crippen MR) is 40.4 cm³/mol. The Kier molecular flexibility index (Phi) is 6.21. The van der Waals surface area contributed by atoms with Crippen molar-refractivity contribution in [2.45, 2.75) is 6.92 Å². The summed E-state index contributed by atoms with van der Waals surface area (Å²) < 4.78 is 9.80. The number of carboxylic acids is 1. The fourth-order valence-electron chi connectivity index (χ4n) is 0.157. The molecular weight excluding hydrogens is 189 g/mol. The molecule has 0 rings (SSSR count). The van der Waals surface area contributed by atoms with Crippen LogP contribution in [0.1, 0.15) is 6.92 Å². The Bertz CT molecular complexity index is 206. The summed E-state index contributed by atoms with van der Waals surface area (Å²) in [6.07, 6.45) is 0. The summed E-state index contributed by atoms with van der Waals surface area (Å²) in [4.78, 5) is 24.9. The van der Waals surface area contributed by atoms with E-state index >= 15 is 0 Å². The molecule has 0 spiro atoms. The van der Waals surface area contributed by atoms with Crippen LogP contribution in [0, 0.1) is 5.41 Å². The highest BCUT2D eigenvalue weighted by Crippen LogP contribution is 2.26. The van der Waals surface area contributed by atoms with Crippen LogP contribution < -0.4 is 10.8 Å². The van der Waals surface area contributed by atoms with Gasteiger partial charge in [0.25, 0.3) is 5.97 Å².